The maximum absolute atomic E-state index is 10.7. The second-order valence-electron chi connectivity index (χ2n) is 3.06. The number of esters is 1. The smallest absolute Gasteiger partial charge is 0.348 e. The van der Waals surface area contributed by atoms with Crippen molar-refractivity contribution in [3.63, 3.8) is 0 Å². The van der Waals surface area contributed by atoms with E-state index in [-0.39, 0.29) is 0 Å². The van der Waals surface area contributed by atoms with Gasteiger partial charge in [-0.05, 0) is 0 Å². The molecule has 1 fully saturated rings. The molecule has 0 aliphatic carbocycles. The molecular formula is C7H8O7. The summed E-state index contributed by atoms with van der Waals surface area (Å²) in [5, 5.41) is 26.5. The van der Waals surface area contributed by atoms with Crippen LogP contribution in [0.1, 0.15) is 12.8 Å². The van der Waals surface area contributed by atoms with Crippen LogP contribution in [0, 0.1) is 0 Å². The minimum Gasteiger partial charge on any atom is -0.481 e. The Bertz CT molecular complexity index is 296. The second-order valence-corrected chi connectivity index (χ2v) is 3.06. The van der Waals surface area contributed by atoms with Gasteiger partial charge in [0.25, 0.3) is 0 Å². The van der Waals surface area contributed by atoms with Crippen molar-refractivity contribution in [3.8, 4) is 0 Å². The SMILES string of the molecule is O=C(O)CC1(O)CC(=O)OC1C(=O)O. The lowest BCUT2D eigenvalue weighted by Crippen LogP contribution is -2.45. The van der Waals surface area contributed by atoms with E-state index in [9.17, 15) is 19.5 Å². The average Bonchev–Trinajstić information content (AvgIpc) is 2.23. The summed E-state index contributed by atoms with van der Waals surface area (Å²) in [6, 6.07) is 0. The molecule has 3 N–H and O–H groups in total. The van der Waals surface area contributed by atoms with E-state index in [1.54, 1.807) is 0 Å². The van der Waals surface area contributed by atoms with Crippen LogP contribution in [0.4, 0.5) is 0 Å². The summed E-state index contributed by atoms with van der Waals surface area (Å²) in [5.41, 5.74) is -2.14. The summed E-state index contributed by atoms with van der Waals surface area (Å²) in [6.07, 6.45) is -3.25. The fraction of sp³-hybridized carbons (Fsp3) is 0.571. The molecule has 2 unspecified atom stereocenters. The normalized spacial score (nSPS) is 31.2. The van der Waals surface area contributed by atoms with Crippen LogP contribution in [-0.2, 0) is 19.1 Å². The first kappa shape index (κ1) is 10.5. The van der Waals surface area contributed by atoms with Gasteiger partial charge in [-0.25, -0.2) is 4.79 Å². The number of carbonyl (C=O) groups excluding carboxylic acids is 1. The van der Waals surface area contributed by atoms with Gasteiger partial charge in [0.15, 0.2) is 0 Å². The number of carboxylic acid groups (broad SMARTS) is 2. The van der Waals surface area contributed by atoms with Crippen LogP contribution in [0.25, 0.3) is 0 Å². The van der Waals surface area contributed by atoms with Gasteiger partial charge in [-0.3, -0.25) is 9.59 Å². The Morgan fingerprint density at radius 2 is 2.07 bits per heavy atom. The van der Waals surface area contributed by atoms with Crippen LogP contribution in [0.2, 0.25) is 0 Å². The van der Waals surface area contributed by atoms with Crippen LogP contribution in [0.15, 0.2) is 0 Å². The topological polar surface area (TPSA) is 121 Å². The number of hydrogen-bond donors (Lipinski definition) is 3. The Balaban J connectivity index is 2.88. The zero-order valence-corrected chi connectivity index (χ0v) is 6.97. The van der Waals surface area contributed by atoms with Gasteiger partial charge in [0.05, 0.1) is 12.8 Å². The molecule has 1 saturated heterocycles. The lowest BCUT2D eigenvalue weighted by Gasteiger charge is -2.21. The van der Waals surface area contributed by atoms with Gasteiger partial charge in [0.1, 0.15) is 5.60 Å². The van der Waals surface area contributed by atoms with Gasteiger partial charge < -0.3 is 20.1 Å². The van der Waals surface area contributed by atoms with Crippen molar-refractivity contribution in [2.24, 2.45) is 0 Å². The molecule has 0 aromatic carbocycles. The van der Waals surface area contributed by atoms with E-state index in [2.05, 4.69) is 4.74 Å². The fourth-order valence-electron chi connectivity index (χ4n) is 1.32. The monoisotopic (exact) mass is 204 g/mol. The molecule has 0 saturated carbocycles. The Morgan fingerprint density at radius 1 is 1.50 bits per heavy atom. The molecule has 0 bridgehead atoms. The van der Waals surface area contributed by atoms with E-state index in [1.807, 2.05) is 0 Å². The van der Waals surface area contributed by atoms with E-state index < -0.39 is 42.5 Å². The standard InChI is InChI=1S/C7H8O7/c8-3(9)1-7(13)2-4(10)14-5(7)6(11)12/h5,13H,1-2H2,(H,8,9)(H,11,12). The van der Waals surface area contributed by atoms with E-state index in [0.717, 1.165) is 0 Å². The summed E-state index contributed by atoms with van der Waals surface area (Å²) in [5.74, 6) is -3.86. The van der Waals surface area contributed by atoms with E-state index >= 15 is 0 Å². The van der Waals surface area contributed by atoms with Gasteiger partial charge in [-0.2, -0.15) is 0 Å². The van der Waals surface area contributed by atoms with E-state index in [1.165, 1.54) is 0 Å². The Labute approximate surface area is 77.9 Å². The summed E-state index contributed by atoms with van der Waals surface area (Å²) in [7, 11) is 0. The molecule has 1 aliphatic rings. The number of rotatable bonds is 3. The number of aliphatic carboxylic acids is 2. The molecule has 0 aromatic rings. The summed E-state index contributed by atoms with van der Waals surface area (Å²) in [4.78, 5) is 31.5. The minimum absolute atomic E-state index is 0.615. The van der Waals surface area contributed by atoms with Crippen LogP contribution < -0.4 is 0 Å². The first-order chi connectivity index (χ1) is 6.35. The van der Waals surface area contributed by atoms with Crippen LogP contribution in [-0.4, -0.2) is 44.9 Å². The molecule has 78 valence electrons. The number of hydrogen-bond acceptors (Lipinski definition) is 5. The number of carbonyl (C=O) groups is 3. The molecular weight excluding hydrogens is 196 g/mol. The number of ether oxygens (including phenoxy) is 1. The quantitative estimate of drug-likeness (QED) is 0.483. The number of cyclic esters (lactones) is 1. The van der Waals surface area contributed by atoms with Crippen LogP contribution in [0.5, 0.6) is 0 Å². The van der Waals surface area contributed by atoms with Gasteiger partial charge in [-0.15, -0.1) is 0 Å². The van der Waals surface area contributed by atoms with Gasteiger partial charge in [0, 0.05) is 0 Å². The van der Waals surface area contributed by atoms with E-state index in [4.69, 9.17) is 10.2 Å². The van der Waals surface area contributed by atoms with Crippen molar-refractivity contribution in [2.45, 2.75) is 24.5 Å². The molecule has 2 atom stereocenters. The molecule has 0 spiro atoms. The maximum Gasteiger partial charge on any atom is 0.348 e. The van der Waals surface area contributed by atoms with Crippen LogP contribution >= 0.6 is 0 Å². The van der Waals surface area contributed by atoms with Gasteiger partial charge in [-0.1, -0.05) is 0 Å². The third-order valence-corrected chi connectivity index (χ3v) is 1.87. The highest BCUT2D eigenvalue weighted by Crippen LogP contribution is 2.30. The van der Waals surface area contributed by atoms with Crippen molar-refractivity contribution < 1.29 is 34.4 Å². The van der Waals surface area contributed by atoms with Crippen molar-refractivity contribution in [3.05, 3.63) is 0 Å². The molecule has 14 heavy (non-hydrogen) atoms. The highest BCUT2D eigenvalue weighted by molar-refractivity contribution is 5.86. The highest BCUT2D eigenvalue weighted by Gasteiger charge is 2.53. The molecule has 0 amide bonds. The first-order valence-electron chi connectivity index (χ1n) is 3.71. The van der Waals surface area contributed by atoms with Gasteiger partial charge in [0.2, 0.25) is 6.10 Å². The highest BCUT2D eigenvalue weighted by atomic mass is 16.6. The van der Waals surface area contributed by atoms with Crippen molar-refractivity contribution >= 4 is 17.9 Å². The van der Waals surface area contributed by atoms with Gasteiger partial charge >= 0.3 is 17.9 Å². The van der Waals surface area contributed by atoms with Crippen molar-refractivity contribution in [1.82, 2.24) is 0 Å². The maximum atomic E-state index is 10.7. The molecule has 1 rings (SSSR count). The summed E-state index contributed by atoms with van der Waals surface area (Å²) in [6.45, 7) is 0. The largest absolute Gasteiger partial charge is 0.481 e. The Morgan fingerprint density at radius 3 is 2.50 bits per heavy atom. The third kappa shape index (κ3) is 1.82. The average molecular weight is 204 g/mol. The van der Waals surface area contributed by atoms with E-state index in [0.29, 0.717) is 0 Å². The second kappa shape index (κ2) is 3.26. The lowest BCUT2D eigenvalue weighted by atomic mass is 9.92. The number of carboxylic acids is 2. The Kier molecular flexibility index (Phi) is 2.43. The number of aliphatic hydroxyl groups is 1. The zero-order chi connectivity index (χ0) is 10.9. The molecule has 1 aliphatic heterocycles. The zero-order valence-electron chi connectivity index (χ0n) is 6.97. The Hall–Kier alpha value is -1.63. The molecule has 7 nitrogen and oxygen atoms in total. The van der Waals surface area contributed by atoms with Crippen molar-refractivity contribution in [1.29, 1.82) is 0 Å². The molecule has 0 aromatic heterocycles. The third-order valence-electron chi connectivity index (χ3n) is 1.87. The lowest BCUT2D eigenvalue weighted by molar-refractivity contribution is -0.166. The summed E-state index contributed by atoms with van der Waals surface area (Å²) < 4.78 is 4.29. The predicted molar refractivity (Wildman–Crippen MR) is 39.3 cm³/mol. The fourth-order valence-corrected chi connectivity index (χ4v) is 1.32. The predicted octanol–water partition coefficient (Wildman–Crippen LogP) is -1.41. The minimum atomic E-state index is -2.14. The van der Waals surface area contributed by atoms with Crippen molar-refractivity contribution in [2.75, 3.05) is 0 Å². The first-order valence-corrected chi connectivity index (χ1v) is 3.71. The van der Waals surface area contributed by atoms with Crippen LogP contribution in [0.3, 0.4) is 0 Å². The summed E-state index contributed by atoms with van der Waals surface area (Å²) >= 11 is 0. The molecule has 1 heterocycles. The molecule has 7 heteroatoms. The molecule has 0 radical (unpaired) electrons.